The molecule has 0 saturated heterocycles. The van der Waals surface area contributed by atoms with Gasteiger partial charge in [-0.25, -0.2) is 0 Å². The summed E-state index contributed by atoms with van der Waals surface area (Å²) in [5.41, 5.74) is -2.60. The summed E-state index contributed by atoms with van der Waals surface area (Å²) >= 11 is 0. The Morgan fingerprint density at radius 3 is 2.67 bits per heavy atom. The summed E-state index contributed by atoms with van der Waals surface area (Å²) in [6.45, 7) is 0.970. The Labute approximate surface area is 78.1 Å². The molecule has 70 valence electrons. The van der Waals surface area contributed by atoms with Crippen LogP contribution in [0.15, 0.2) is 12.2 Å². The quantitative estimate of drug-likeness (QED) is 0.590. The predicted molar refractivity (Wildman–Crippen MR) is 48.8 cm³/mol. The van der Waals surface area contributed by atoms with Gasteiger partial charge in [0, 0.05) is 10.0 Å². The van der Waals surface area contributed by atoms with Crippen molar-refractivity contribution in [2.45, 2.75) is 44.7 Å². The minimum absolute atomic E-state index is 0.0971. The molecular formula is C10H18O2. The Morgan fingerprint density at radius 1 is 1.67 bits per heavy atom. The molecule has 1 aliphatic rings. The average molecular weight is 173 g/mol. The van der Waals surface area contributed by atoms with E-state index in [2.05, 4.69) is 0 Å². The standard InChI is InChI=1S/C10H18O2/c1-9(2,11)8-4-6-10(3,12)7-5-8/h4,6,8,11-12H,5,7H2,1-3H3/t8-,10-/m0/s1/i3D3. The molecule has 0 aliphatic heterocycles. The summed E-state index contributed by atoms with van der Waals surface area (Å²) in [6, 6.07) is 0. The lowest BCUT2D eigenvalue weighted by atomic mass is 9.79. The highest BCUT2D eigenvalue weighted by atomic mass is 16.3. The minimum atomic E-state index is -2.39. The summed E-state index contributed by atoms with van der Waals surface area (Å²) in [5.74, 6) is -0.0971. The first kappa shape index (κ1) is 6.17. The van der Waals surface area contributed by atoms with Gasteiger partial charge >= 0.3 is 0 Å². The van der Waals surface area contributed by atoms with Gasteiger partial charge in [0.25, 0.3) is 0 Å². The van der Waals surface area contributed by atoms with Crippen molar-refractivity contribution >= 4 is 0 Å². The second-order valence-corrected chi connectivity index (χ2v) is 4.08. The van der Waals surface area contributed by atoms with Crippen LogP contribution in [-0.2, 0) is 0 Å². The van der Waals surface area contributed by atoms with E-state index in [4.69, 9.17) is 4.11 Å². The van der Waals surface area contributed by atoms with Crippen molar-refractivity contribution in [3.63, 3.8) is 0 Å². The van der Waals surface area contributed by atoms with Crippen LogP contribution >= 0.6 is 0 Å². The van der Waals surface area contributed by atoms with E-state index in [1.54, 1.807) is 19.9 Å². The van der Waals surface area contributed by atoms with Crippen LogP contribution in [0.4, 0.5) is 0 Å². The van der Waals surface area contributed by atoms with Crippen LogP contribution in [-0.4, -0.2) is 21.4 Å². The van der Waals surface area contributed by atoms with E-state index >= 15 is 0 Å². The molecular weight excluding hydrogens is 152 g/mol. The first-order valence-corrected chi connectivity index (χ1v) is 4.20. The van der Waals surface area contributed by atoms with Gasteiger partial charge in [-0.05, 0) is 33.5 Å². The molecule has 0 unspecified atom stereocenters. The molecule has 1 rings (SSSR count). The molecule has 0 saturated carbocycles. The van der Waals surface area contributed by atoms with E-state index in [0.29, 0.717) is 6.42 Å². The normalized spacial score (nSPS) is 41.7. The van der Waals surface area contributed by atoms with Gasteiger partial charge < -0.3 is 10.2 Å². The summed E-state index contributed by atoms with van der Waals surface area (Å²) < 4.78 is 21.6. The molecule has 0 aromatic rings. The number of aliphatic hydroxyl groups is 2. The van der Waals surface area contributed by atoms with Gasteiger partial charge in [0.2, 0.25) is 0 Å². The monoisotopic (exact) mass is 173 g/mol. The van der Waals surface area contributed by atoms with Crippen LogP contribution in [0.3, 0.4) is 0 Å². The Morgan fingerprint density at radius 2 is 2.33 bits per heavy atom. The van der Waals surface area contributed by atoms with Crippen molar-refractivity contribution in [2.24, 2.45) is 5.92 Å². The zero-order chi connectivity index (χ0) is 11.9. The number of hydrogen-bond acceptors (Lipinski definition) is 2. The summed E-state index contributed by atoms with van der Waals surface area (Å²) in [7, 11) is 0. The Hall–Kier alpha value is -0.340. The van der Waals surface area contributed by atoms with Gasteiger partial charge in [0.05, 0.1) is 11.2 Å². The maximum atomic E-state index is 9.86. The average Bonchev–Trinajstić information content (AvgIpc) is 2.01. The van der Waals surface area contributed by atoms with Crippen molar-refractivity contribution in [3.8, 4) is 0 Å². The third kappa shape index (κ3) is 2.32. The van der Waals surface area contributed by atoms with Crippen molar-refractivity contribution in [1.82, 2.24) is 0 Å². The largest absolute Gasteiger partial charge is 0.390 e. The summed E-state index contributed by atoms with van der Waals surface area (Å²) in [5, 5.41) is 19.6. The fraction of sp³-hybridized carbons (Fsp3) is 0.800. The van der Waals surface area contributed by atoms with E-state index in [0.717, 1.165) is 0 Å². The second kappa shape index (κ2) is 2.86. The van der Waals surface area contributed by atoms with Gasteiger partial charge in [0.1, 0.15) is 0 Å². The lowest BCUT2D eigenvalue weighted by Crippen LogP contribution is -2.35. The maximum absolute atomic E-state index is 9.86. The highest BCUT2D eigenvalue weighted by Crippen LogP contribution is 2.31. The third-order valence-electron chi connectivity index (χ3n) is 2.35. The molecule has 0 aromatic heterocycles. The van der Waals surface area contributed by atoms with Crippen molar-refractivity contribution < 1.29 is 14.3 Å². The molecule has 2 N–H and O–H groups in total. The van der Waals surface area contributed by atoms with Crippen LogP contribution in [0, 0.1) is 5.92 Å². The SMILES string of the molecule is [2H]C([2H])([2H])[C@]1(O)C=C[C@H](C(C)(C)O)CC1. The van der Waals surface area contributed by atoms with Crippen LogP contribution in [0.2, 0.25) is 0 Å². The Bertz CT molecular complexity index is 265. The van der Waals surface area contributed by atoms with Crippen molar-refractivity contribution in [1.29, 1.82) is 0 Å². The predicted octanol–water partition coefficient (Wildman–Crippen LogP) is 1.47. The fourth-order valence-electron chi connectivity index (χ4n) is 1.42. The first-order chi connectivity index (χ1) is 6.56. The molecule has 2 heteroatoms. The Kier molecular flexibility index (Phi) is 1.47. The zero-order valence-electron chi connectivity index (χ0n) is 10.5. The van der Waals surface area contributed by atoms with E-state index in [1.807, 2.05) is 0 Å². The molecule has 2 nitrogen and oxygen atoms in total. The molecule has 0 spiro atoms. The van der Waals surface area contributed by atoms with Gasteiger partial charge in [-0.1, -0.05) is 12.2 Å². The highest BCUT2D eigenvalue weighted by Gasteiger charge is 2.31. The molecule has 0 radical (unpaired) electrons. The topological polar surface area (TPSA) is 40.5 Å². The number of rotatable bonds is 1. The van der Waals surface area contributed by atoms with Crippen LogP contribution in [0.5, 0.6) is 0 Å². The Balaban J connectivity index is 2.83. The third-order valence-corrected chi connectivity index (χ3v) is 2.35. The molecule has 2 atom stereocenters. The van der Waals surface area contributed by atoms with Crippen molar-refractivity contribution in [3.05, 3.63) is 12.2 Å². The molecule has 0 bridgehead atoms. The summed E-state index contributed by atoms with van der Waals surface area (Å²) in [6.07, 6.45) is 3.56. The van der Waals surface area contributed by atoms with Crippen LogP contribution < -0.4 is 0 Å². The van der Waals surface area contributed by atoms with Crippen LogP contribution in [0.25, 0.3) is 0 Å². The van der Waals surface area contributed by atoms with Gasteiger partial charge in [0.15, 0.2) is 0 Å². The molecule has 0 aromatic carbocycles. The first-order valence-electron chi connectivity index (χ1n) is 5.70. The molecule has 1 aliphatic carbocycles. The fourth-order valence-corrected chi connectivity index (χ4v) is 1.42. The molecule has 0 fully saturated rings. The van der Waals surface area contributed by atoms with Crippen molar-refractivity contribution in [2.75, 3.05) is 0 Å². The molecule has 12 heavy (non-hydrogen) atoms. The van der Waals surface area contributed by atoms with E-state index in [1.165, 1.54) is 6.08 Å². The zero-order valence-corrected chi connectivity index (χ0v) is 7.54. The molecule has 0 heterocycles. The van der Waals surface area contributed by atoms with E-state index < -0.39 is 18.1 Å². The second-order valence-electron chi connectivity index (χ2n) is 4.08. The highest BCUT2D eigenvalue weighted by molar-refractivity contribution is 5.08. The maximum Gasteiger partial charge on any atom is 0.0800 e. The van der Waals surface area contributed by atoms with E-state index in [9.17, 15) is 10.2 Å². The summed E-state index contributed by atoms with van der Waals surface area (Å²) in [4.78, 5) is 0. The lowest BCUT2D eigenvalue weighted by Gasteiger charge is -2.33. The van der Waals surface area contributed by atoms with Gasteiger partial charge in [-0.2, -0.15) is 0 Å². The number of hydrogen-bond donors (Lipinski definition) is 2. The van der Waals surface area contributed by atoms with Crippen LogP contribution in [0.1, 0.15) is 37.7 Å². The van der Waals surface area contributed by atoms with E-state index in [-0.39, 0.29) is 12.3 Å². The smallest absolute Gasteiger partial charge is 0.0800 e. The van der Waals surface area contributed by atoms with Gasteiger partial charge in [-0.3, -0.25) is 0 Å². The molecule has 0 amide bonds. The lowest BCUT2D eigenvalue weighted by molar-refractivity contribution is 0.0114. The minimum Gasteiger partial charge on any atom is -0.390 e. The van der Waals surface area contributed by atoms with Gasteiger partial charge in [-0.15, -0.1) is 0 Å².